The number of carboxylic acid groups (broad SMARTS) is 1. The van der Waals surface area contributed by atoms with Crippen molar-refractivity contribution in [1.29, 1.82) is 0 Å². The number of aliphatic carboxylic acids is 1. The normalized spacial score (nSPS) is 12.1. The van der Waals surface area contributed by atoms with Crippen molar-refractivity contribution in [2.45, 2.75) is 115 Å². The molecule has 0 spiro atoms. The number of unbranched alkanes of at least 4 members (excludes halogenated alkanes) is 14. The Morgan fingerprint density at radius 2 is 1.25 bits per heavy atom. The van der Waals surface area contributed by atoms with Gasteiger partial charge in [0.15, 0.2) is 5.25 Å². The summed E-state index contributed by atoms with van der Waals surface area (Å²) in [4.78, 5) is 22.2. The van der Waals surface area contributed by atoms with Gasteiger partial charge in [0.2, 0.25) is 0 Å². The first-order valence-corrected chi connectivity index (χ1v) is 12.8. The summed E-state index contributed by atoms with van der Waals surface area (Å²) in [6.45, 7) is 2.24. The third kappa shape index (κ3) is 23.7. The Bertz CT molecular complexity index is 606. The smallest absolute Gasteiger partial charge is 1.00 e. The Morgan fingerprint density at radius 3 is 1.62 bits per heavy atom. The van der Waals surface area contributed by atoms with E-state index < -0.39 is 33.7 Å². The van der Waals surface area contributed by atoms with Crippen molar-refractivity contribution in [1.82, 2.24) is 0 Å². The summed E-state index contributed by atoms with van der Waals surface area (Å²) >= 11 is 0. The van der Waals surface area contributed by atoms with Gasteiger partial charge in [-0.3, -0.25) is 14.1 Å². The van der Waals surface area contributed by atoms with Crippen LogP contribution in [0.5, 0.6) is 0 Å². The summed E-state index contributed by atoms with van der Waals surface area (Å²) in [6, 6.07) is 0. The van der Waals surface area contributed by atoms with Gasteiger partial charge in [-0.05, 0) is 18.9 Å². The largest absolute Gasteiger partial charge is 1.00 e. The number of esters is 1. The molecule has 0 aliphatic heterocycles. The molecule has 0 fully saturated rings. The third-order valence-electron chi connectivity index (χ3n) is 4.99. The van der Waals surface area contributed by atoms with Crippen LogP contribution in [0.2, 0.25) is 0 Å². The molecule has 180 valence electrons. The standard InChI is InChI=1S/C22H40O7S.2Na.2H/c1-2-3-4-5-6-7-8-9-10-11-12-13-14-15-16-17-18-29-22(25)20(19-21(23)24)30(26,27)28;;;;/h17-18,20H,2-16,19H2,1H3,(H,23,24)(H,26,27,28);;;;/q;2*+1;2*-1. The molecule has 0 amide bonds. The molecule has 0 radical (unpaired) electrons. The molecule has 0 saturated carbocycles. The predicted octanol–water partition coefficient (Wildman–Crippen LogP) is -0.121. The molecular formula is C22H42Na2O7S. The topological polar surface area (TPSA) is 118 Å². The minimum absolute atomic E-state index is 0. The fourth-order valence-corrected chi connectivity index (χ4v) is 3.84. The van der Waals surface area contributed by atoms with Crippen LogP contribution in [0.1, 0.15) is 113 Å². The van der Waals surface area contributed by atoms with Crippen LogP contribution in [-0.4, -0.2) is 35.3 Å². The molecule has 32 heavy (non-hydrogen) atoms. The molecule has 0 rings (SSSR count). The average Bonchev–Trinajstić information content (AvgIpc) is 2.67. The molecule has 1 atom stereocenters. The summed E-state index contributed by atoms with van der Waals surface area (Å²) < 4.78 is 35.7. The second-order valence-corrected chi connectivity index (χ2v) is 9.39. The van der Waals surface area contributed by atoms with E-state index in [1.807, 2.05) is 0 Å². The van der Waals surface area contributed by atoms with Gasteiger partial charge in [0, 0.05) is 0 Å². The van der Waals surface area contributed by atoms with Crippen LogP contribution >= 0.6 is 0 Å². The van der Waals surface area contributed by atoms with Gasteiger partial charge in [-0.1, -0.05) is 90.4 Å². The van der Waals surface area contributed by atoms with Crippen LogP contribution in [-0.2, 0) is 24.4 Å². The zero-order chi connectivity index (χ0) is 22.7. The Morgan fingerprint density at radius 1 is 0.844 bits per heavy atom. The summed E-state index contributed by atoms with van der Waals surface area (Å²) in [5.41, 5.74) is 0. The van der Waals surface area contributed by atoms with Crippen LogP contribution in [0.25, 0.3) is 0 Å². The minimum Gasteiger partial charge on any atom is -1.00 e. The van der Waals surface area contributed by atoms with Gasteiger partial charge < -0.3 is 12.7 Å². The van der Waals surface area contributed by atoms with Crippen molar-refractivity contribution < 1.29 is 94.4 Å². The van der Waals surface area contributed by atoms with E-state index in [-0.39, 0.29) is 62.0 Å². The van der Waals surface area contributed by atoms with Crippen LogP contribution < -0.4 is 59.1 Å². The molecule has 1 unspecified atom stereocenters. The molecule has 0 bridgehead atoms. The molecule has 0 heterocycles. The van der Waals surface area contributed by atoms with Gasteiger partial charge in [0.25, 0.3) is 10.1 Å². The maximum Gasteiger partial charge on any atom is 1.00 e. The second kappa shape index (κ2) is 24.7. The number of carboxylic acids is 1. The van der Waals surface area contributed by atoms with Gasteiger partial charge in [-0.2, -0.15) is 8.42 Å². The zero-order valence-electron chi connectivity index (χ0n) is 22.4. The molecule has 10 heteroatoms. The third-order valence-corrected chi connectivity index (χ3v) is 6.07. The van der Waals surface area contributed by atoms with Crippen LogP contribution in [0.3, 0.4) is 0 Å². The number of hydrogen-bond acceptors (Lipinski definition) is 5. The van der Waals surface area contributed by atoms with E-state index in [0.29, 0.717) is 6.42 Å². The molecule has 0 aromatic rings. The Kier molecular flexibility index (Phi) is 28.7. The minimum atomic E-state index is -4.82. The summed E-state index contributed by atoms with van der Waals surface area (Å²) in [5.74, 6) is -2.81. The van der Waals surface area contributed by atoms with Crippen LogP contribution in [0.4, 0.5) is 0 Å². The van der Waals surface area contributed by atoms with Crippen molar-refractivity contribution in [2.24, 2.45) is 0 Å². The number of hydrogen-bond donors (Lipinski definition) is 2. The zero-order valence-corrected chi connectivity index (χ0v) is 25.2. The molecule has 0 aliphatic carbocycles. The van der Waals surface area contributed by atoms with Crippen LogP contribution in [0.15, 0.2) is 12.3 Å². The molecule has 7 nitrogen and oxygen atoms in total. The molecular weight excluding hydrogens is 454 g/mol. The molecule has 0 aromatic carbocycles. The first-order valence-electron chi connectivity index (χ1n) is 11.3. The Labute approximate surface area is 241 Å². The van der Waals surface area contributed by atoms with Gasteiger partial charge in [0.05, 0.1) is 12.7 Å². The number of carbonyl (C=O) groups is 2. The Hall–Kier alpha value is 0.590. The summed E-state index contributed by atoms with van der Waals surface area (Å²) in [7, 11) is -4.82. The average molecular weight is 497 g/mol. The van der Waals surface area contributed by atoms with Crippen molar-refractivity contribution in [3.05, 3.63) is 12.3 Å². The van der Waals surface area contributed by atoms with Crippen LogP contribution in [0, 0.1) is 0 Å². The maximum absolute atomic E-state index is 11.6. The van der Waals surface area contributed by atoms with E-state index in [0.717, 1.165) is 25.5 Å². The number of carbonyl (C=O) groups excluding carboxylic acids is 1. The fourth-order valence-electron chi connectivity index (χ4n) is 3.18. The van der Waals surface area contributed by atoms with Gasteiger partial charge in [-0.15, -0.1) is 0 Å². The van der Waals surface area contributed by atoms with Gasteiger partial charge >= 0.3 is 71.1 Å². The van der Waals surface area contributed by atoms with Gasteiger partial charge in [-0.25, -0.2) is 0 Å². The molecule has 0 aromatic heterocycles. The molecule has 2 N–H and O–H groups in total. The SMILES string of the molecule is CCCCCCCCCCCCCCCCC=COC(=O)C(CC(=O)O)S(=O)(=O)O.[H-].[H-].[Na+].[Na+]. The summed E-state index contributed by atoms with van der Waals surface area (Å²) in [5, 5.41) is 6.50. The van der Waals surface area contributed by atoms with Crippen molar-refractivity contribution >= 4 is 22.1 Å². The first kappa shape index (κ1) is 37.1. The quantitative estimate of drug-likeness (QED) is 0.0793. The number of ether oxygens (including phenoxy) is 1. The van der Waals surface area contributed by atoms with E-state index in [2.05, 4.69) is 11.7 Å². The fraction of sp³-hybridized carbons (Fsp3) is 0.818. The van der Waals surface area contributed by atoms with E-state index in [1.54, 1.807) is 6.08 Å². The van der Waals surface area contributed by atoms with Crippen molar-refractivity contribution in [3.8, 4) is 0 Å². The van der Waals surface area contributed by atoms with E-state index >= 15 is 0 Å². The summed E-state index contributed by atoms with van der Waals surface area (Å²) in [6.07, 6.45) is 20.1. The molecule has 0 saturated heterocycles. The Balaban J connectivity index is -0.000000701. The first-order chi connectivity index (χ1) is 14.3. The predicted molar refractivity (Wildman–Crippen MR) is 120 cm³/mol. The van der Waals surface area contributed by atoms with Crippen molar-refractivity contribution in [2.75, 3.05) is 0 Å². The monoisotopic (exact) mass is 496 g/mol. The van der Waals surface area contributed by atoms with E-state index in [1.165, 1.54) is 70.6 Å². The number of rotatable bonds is 20. The maximum atomic E-state index is 11.6. The van der Waals surface area contributed by atoms with Crippen molar-refractivity contribution in [3.63, 3.8) is 0 Å². The van der Waals surface area contributed by atoms with E-state index in [9.17, 15) is 18.0 Å². The van der Waals surface area contributed by atoms with E-state index in [4.69, 9.17) is 9.66 Å². The number of allylic oxidation sites excluding steroid dienone is 1. The second-order valence-electron chi connectivity index (χ2n) is 7.80. The van der Waals surface area contributed by atoms with Gasteiger partial charge in [0.1, 0.15) is 0 Å². The molecule has 0 aliphatic rings.